The maximum atomic E-state index is 13.6. The molecular formula is C43H72O5Si2. The quantitative estimate of drug-likeness (QED) is 0.193. The molecule has 0 bridgehead atoms. The Bertz CT molecular complexity index is 1380. The minimum atomic E-state index is -2.01. The summed E-state index contributed by atoms with van der Waals surface area (Å²) in [6, 6.07) is 0. The first-order valence-corrected chi connectivity index (χ1v) is 25.8. The fraction of sp³-hybridized carbons (Fsp3) is 0.791. The molecule has 50 heavy (non-hydrogen) atoms. The van der Waals surface area contributed by atoms with E-state index in [0.717, 1.165) is 30.4 Å². The van der Waals surface area contributed by atoms with Crippen molar-refractivity contribution in [2.24, 2.45) is 29.1 Å². The smallest absolute Gasteiger partial charge is 0.233 e. The van der Waals surface area contributed by atoms with Crippen molar-refractivity contribution in [2.45, 2.75) is 174 Å². The van der Waals surface area contributed by atoms with Crippen LogP contribution in [0, 0.1) is 29.1 Å². The van der Waals surface area contributed by atoms with Crippen molar-refractivity contribution in [3.05, 3.63) is 47.1 Å². The number of allylic oxidation sites excluding steroid dienone is 4. The largest absolute Gasteiger partial charge is 0.413 e. The van der Waals surface area contributed by atoms with Crippen molar-refractivity contribution < 1.29 is 23.1 Å². The zero-order chi connectivity index (χ0) is 37.1. The van der Waals surface area contributed by atoms with Gasteiger partial charge in [0.15, 0.2) is 16.6 Å². The molecule has 1 heterocycles. The zero-order valence-corrected chi connectivity index (χ0v) is 36.2. The summed E-state index contributed by atoms with van der Waals surface area (Å²) in [6.45, 7) is 36.3. The highest BCUT2D eigenvalue weighted by Gasteiger charge is 2.53. The molecule has 6 atom stereocenters. The van der Waals surface area contributed by atoms with Crippen LogP contribution >= 0.6 is 0 Å². The Hall–Kier alpha value is -1.10. The summed E-state index contributed by atoms with van der Waals surface area (Å²) >= 11 is 0. The van der Waals surface area contributed by atoms with Gasteiger partial charge in [0, 0.05) is 18.8 Å². The third-order valence-electron chi connectivity index (χ3n) is 14.4. The Morgan fingerprint density at radius 3 is 2.14 bits per heavy atom. The molecule has 0 aromatic carbocycles. The number of hydrogen-bond acceptors (Lipinski definition) is 5. The van der Waals surface area contributed by atoms with Gasteiger partial charge in [0.05, 0.1) is 25.4 Å². The van der Waals surface area contributed by atoms with Gasteiger partial charge >= 0.3 is 0 Å². The van der Waals surface area contributed by atoms with Crippen molar-refractivity contribution in [2.75, 3.05) is 13.2 Å². The third kappa shape index (κ3) is 7.89. The number of hydrogen-bond donors (Lipinski definition) is 0. The Morgan fingerprint density at radius 2 is 1.52 bits per heavy atom. The standard InChI is InChI=1S/C43H72O5Si2/c1-29-27-45-43(46-28-29)23-21-34(39(43)44)24-30(2)36-19-20-37-32(16-15-22-42(36,37)10)17-18-33-25-35(47-49(11,12)40(4,5)6)26-38(31(33)3)48-50(13,14)41(7,8)9/h17-18,24,29-30,35-38H,3,15-16,19-23,25-28H2,1-2,4-14H3/t29?,30-,35-,36-,37?,38+,42-,43?/m1/s1. The van der Waals surface area contributed by atoms with Gasteiger partial charge in [-0.15, -0.1) is 0 Å². The van der Waals surface area contributed by atoms with Crippen LogP contribution in [0.15, 0.2) is 47.1 Å². The summed E-state index contributed by atoms with van der Waals surface area (Å²) in [4.78, 5) is 13.6. The van der Waals surface area contributed by atoms with Gasteiger partial charge in [-0.1, -0.05) is 92.7 Å². The van der Waals surface area contributed by atoms with Crippen LogP contribution in [-0.4, -0.2) is 53.6 Å². The summed E-state index contributed by atoms with van der Waals surface area (Å²) in [5, 5.41) is 0.290. The number of ketones is 1. The number of ether oxygens (including phenoxy) is 2. The topological polar surface area (TPSA) is 54.0 Å². The molecular weight excluding hydrogens is 653 g/mol. The lowest BCUT2D eigenvalue weighted by molar-refractivity contribution is -0.260. The minimum absolute atomic E-state index is 0.00400. The predicted octanol–water partition coefficient (Wildman–Crippen LogP) is 11.5. The molecule has 0 aromatic rings. The summed E-state index contributed by atoms with van der Waals surface area (Å²) < 4.78 is 26.3. The van der Waals surface area contributed by atoms with Gasteiger partial charge in [0.1, 0.15) is 0 Å². The summed E-state index contributed by atoms with van der Waals surface area (Å²) in [6.07, 6.45) is 16.6. The van der Waals surface area contributed by atoms with E-state index in [-0.39, 0.29) is 33.5 Å². The second kappa shape index (κ2) is 14.3. The lowest BCUT2D eigenvalue weighted by Gasteiger charge is -2.45. The van der Waals surface area contributed by atoms with Gasteiger partial charge in [-0.2, -0.15) is 0 Å². The van der Waals surface area contributed by atoms with Crippen molar-refractivity contribution in [3.8, 4) is 0 Å². The second-order valence-corrected chi connectivity index (χ2v) is 29.7. The monoisotopic (exact) mass is 724 g/mol. The van der Waals surface area contributed by atoms with Crippen molar-refractivity contribution in [1.29, 1.82) is 0 Å². The number of carbonyl (C=O) groups excluding carboxylic acids is 1. The van der Waals surface area contributed by atoms with E-state index in [9.17, 15) is 4.79 Å². The first-order chi connectivity index (χ1) is 23.0. The van der Waals surface area contributed by atoms with E-state index in [2.05, 4.69) is 107 Å². The van der Waals surface area contributed by atoms with Crippen LogP contribution in [0.5, 0.6) is 0 Å². The van der Waals surface area contributed by atoms with Gasteiger partial charge in [-0.05, 0) is 121 Å². The summed E-state index contributed by atoms with van der Waals surface area (Å²) in [7, 11) is -3.97. The molecule has 5 aliphatic rings. The average molecular weight is 725 g/mol. The Kier molecular flexibility index (Phi) is 11.5. The van der Waals surface area contributed by atoms with Crippen LogP contribution in [0.25, 0.3) is 0 Å². The second-order valence-electron chi connectivity index (χ2n) is 20.2. The molecule has 1 aliphatic heterocycles. The van der Waals surface area contributed by atoms with E-state index in [1.54, 1.807) is 5.57 Å². The molecule has 1 spiro atoms. The van der Waals surface area contributed by atoms with Crippen LogP contribution in [-0.2, 0) is 23.1 Å². The summed E-state index contributed by atoms with van der Waals surface area (Å²) in [5.74, 6) is 0.867. The molecule has 282 valence electrons. The van der Waals surface area contributed by atoms with Gasteiger partial charge in [0.25, 0.3) is 0 Å². The molecule has 4 saturated carbocycles. The highest BCUT2D eigenvalue weighted by Crippen LogP contribution is 2.60. The maximum absolute atomic E-state index is 13.6. The fourth-order valence-electron chi connectivity index (χ4n) is 9.19. The molecule has 0 radical (unpaired) electrons. The lowest BCUT2D eigenvalue weighted by atomic mass is 9.61. The Balaban J connectivity index is 1.36. The first kappa shape index (κ1) is 40.1. The van der Waals surface area contributed by atoms with E-state index in [0.29, 0.717) is 43.3 Å². The van der Waals surface area contributed by atoms with E-state index in [4.69, 9.17) is 24.9 Å². The van der Waals surface area contributed by atoms with E-state index < -0.39 is 22.4 Å². The molecule has 5 rings (SSSR count). The molecule has 5 nitrogen and oxygen atoms in total. The van der Waals surface area contributed by atoms with Crippen LogP contribution < -0.4 is 0 Å². The van der Waals surface area contributed by atoms with Gasteiger partial charge in [-0.3, -0.25) is 4.79 Å². The molecule has 1 saturated heterocycles. The lowest BCUT2D eigenvalue weighted by Crippen LogP contribution is -2.49. The molecule has 7 heteroatoms. The van der Waals surface area contributed by atoms with Gasteiger partial charge < -0.3 is 18.3 Å². The predicted molar refractivity (Wildman–Crippen MR) is 212 cm³/mol. The van der Waals surface area contributed by atoms with Crippen molar-refractivity contribution in [3.63, 3.8) is 0 Å². The number of Topliss-reactive ketones (excluding diaryl/α,β-unsaturated/α-hetero) is 1. The van der Waals surface area contributed by atoms with Gasteiger partial charge in [-0.25, -0.2) is 0 Å². The number of carbonyl (C=O) groups is 1. The Labute approximate surface area is 308 Å². The number of rotatable bonds is 7. The SMILES string of the molecule is C=C1C(=CC=C2CCC[C@@]3(C)C2CC[C@@H]3[C@H](C)C=C2CCC3(OCC(C)CO3)C2=O)C[C@@H](O[Si](C)(C)C(C)(C)C)C[C@@H]1O[Si](C)(C)C(C)(C)C. The molecule has 0 amide bonds. The average Bonchev–Trinajstić information content (AvgIpc) is 3.50. The van der Waals surface area contributed by atoms with E-state index >= 15 is 0 Å². The molecule has 1 unspecified atom stereocenters. The first-order valence-electron chi connectivity index (χ1n) is 20.0. The Morgan fingerprint density at radius 1 is 0.900 bits per heavy atom. The molecule has 0 aromatic heterocycles. The van der Waals surface area contributed by atoms with Crippen molar-refractivity contribution >= 4 is 22.4 Å². The van der Waals surface area contributed by atoms with Crippen LogP contribution in [0.3, 0.4) is 0 Å². The fourth-order valence-corrected chi connectivity index (χ4v) is 11.9. The van der Waals surface area contributed by atoms with Crippen LogP contribution in [0.1, 0.15) is 120 Å². The minimum Gasteiger partial charge on any atom is -0.413 e. The normalized spacial score (nSPS) is 37.7. The zero-order valence-electron chi connectivity index (χ0n) is 34.2. The maximum Gasteiger partial charge on any atom is 0.233 e. The van der Waals surface area contributed by atoms with Crippen LogP contribution in [0.2, 0.25) is 36.3 Å². The summed E-state index contributed by atoms with van der Waals surface area (Å²) in [5.41, 5.74) is 5.23. The molecule has 4 aliphatic carbocycles. The number of fused-ring (bicyclic) bond motifs is 1. The van der Waals surface area contributed by atoms with E-state index in [1.807, 2.05) is 0 Å². The molecule has 0 N–H and O–H groups in total. The van der Waals surface area contributed by atoms with Gasteiger partial charge in [0.2, 0.25) is 11.6 Å². The van der Waals surface area contributed by atoms with Crippen molar-refractivity contribution in [1.82, 2.24) is 0 Å². The van der Waals surface area contributed by atoms with Crippen LogP contribution in [0.4, 0.5) is 0 Å². The highest BCUT2D eigenvalue weighted by atomic mass is 28.4. The molecule has 5 fully saturated rings. The van der Waals surface area contributed by atoms with E-state index in [1.165, 1.54) is 37.7 Å². The third-order valence-corrected chi connectivity index (χ3v) is 23.5. The highest BCUT2D eigenvalue weighted by molar-refractivity contribution is 6.74.